The van der Waals surface area contributed by atoms with Gasteiger partial charge >= 0.3 is 39.5 Å². The van der Waals surface area contributed by atoms with Gasteiger partial charge in [-0.3, -0.25) is 37.3 Å². The zero-order valence-corrected chi connectivity index (χ0v) is 68.0. The molecule has 3 N–H and O–H groups in total. The highest BCUT2D eigenvalue weighted by Gasteiger charge is 2.30. The molecule has 0 heterocycles. The molecule has 19 heteroatoms. The fraction of sp³-hybridized carbons (Fsp3) is 0.951. The van der Waals surface area contributed by atoms with Gasteiger partial charge in [0, 0.05) is 25.7 Å². The average Bonchev–Trinajstić information content (AvgIpc) is 1.19. The maximum Gasteiger partial charge on any atom is 0.472 e. The quantitative estimate of drug-likeness (QED) is 0.0222. The van der Waals surface area contributed by atoms with Gasteiger partial charge in [0.25, 0.3) is 0 Å². The van der Waals surface area contributed by atoms with Crippen molar-refractivity contribution in [3.63, 3.8) is 0 Å². The third-order valence-electron chi connectivity index (χ3n) is 19.6. The molecule has 3 unspecified atom stereocenters. The SMILES string of the molecule is CCCCCCCCCCCCCCCCC(=O)O[C@H](COC(=O)CCCCCCCCCCCCC)COP(=O)(O)OC[C@H](O)COP(=O)(O)OC[C@@H](COC(=O)CCCCCCCCCCCCCC(C)C)OC(=O)CCCCCCCCCCCCCCCCCCCCC(C)CC. The van der Waals surface area contributed by atoms with Crippen molar-refractivity contribution >= 4 is 39.5 Å². The van der Waals surface area contributed by atoms with Gasteiger partial charge in [0.05, 0.1) is 26.4 Å². The Morgan fingerprint density at radius 3 is 0.752 bits per heavy atom. The third-order valence-corrected chi connectivity index (χ3v) is 21.5. The summed E-state index contributed by atoms with van der Waals surface area (Å²) in [5, 5.41) is 10.6. The Kier molecular flexibility index (Phi) is 72.2. The largest absolute Gasteiger partial charge is 0.472 e. The summed E-state index contributed by atoms with van der Waals surface area (Å²) in [5.74, 6) is -0.464. The molecule has 17 nitrogen and oxygen atoms in total. The number of esters is 4. The lowest BCUT2D eigenvalue weighted by Crippen LogP contribution is -2.30. The molecule has 6 atom stereocenters. The number of hydrogen-bond acceptors (Lipinski definition) is 15. The van der Waals surface area contributed by atoms with E-state index in [9.17, 15) is 43.2 Å². The fourth-order valence-electron chi connectivity index (χ4n) is 12.7. The van der Waals surface area contributed by atoms with Crippen LogP contribution < -0.4 is 0 Å². The maximum absolute atomic E-state index is 13.1. The van der Waals surface area contributed by atoms with E-state index in [0.29, 0.717) is 25.7 Å². The van der Waals surface area contributed by atoms with Crippen molar-refractivity contribution in [2.24, 2.45) is 11.8 Å². The summed E-state index contributed by atoms with van der Waals surface area (Å²) in [7, 11) is -9.92. The van der Waals surface area contributed by atoms with E-state index >= 15 is 0 Å². The number of aliphatic hydroxyl groups is 1. The molecule has 101 heavy (non-hydrogen) atoms. The minimum absolute atomic E-state index is 0.108. The molecule has 0 aromatic rings. The highest BCUT2D eigenvalue weighted by Crippen LogP contribution is 2.45. The fourth-order valence-corrected chi connectivity index (χ4v) is 14.3. The zero-order valence-electron chi connectivity index (χ0n) is 66.2. The van der Waals surface area contributed by atoms with E-state index in [-0.39, 0.29) is 25.7 Å². The number of aliphatic hydroxyl groups excluding tert-OH is 1. The van der Waals surface area contributed by atoms with Crippen LogP contribution in [-0.2, 0) is 65.4 Å². The predicted octanol–water partition coefficient (Wildman–Crippen LogP) is 24.7. The topological polar surface area (TPSA) is 237 Å². The second-order valence-electron chi connectivity index (χ2n) is 30.2. The van der Waals surface area contributed by atoms with Crippen LogP contribution in [0.3, 0.4) is 0 Å². The number of phosphoric ester groups is 2. The molecule has 0 radical (unpaired) electrons. The van der Waals surface area contributed by atoms with Crippen LogP contribution in [0.5, 0.6) is 0 Å². The summed E-state index contributed by atoms with van der Waals surface area (Å²) in [4.78, 5) is 73.0. The average molecular weight is 1480 g/mol. The molecule has 0 aliphatic rings. The van der Waals surface area contributed by atoms with Crippen LogP contribution in [0.4, 0.5) is 0 Å². The normalized spacial score (nSPS) is 14.2. The molecule has 0 aliphatic carbocycles. The number of hydrogen-bond donors (Lipinski definition) is 3. The van der Waals surface area contributed by atoms with Crippen molar-refractivity contribution < 1.29 is 80.2 Å². The third kappa shape index (κ3) is 74.7. The molecule has 0 aromatic carbocycles. The Bertz CT molecular complexity index is 1940. The lowest BCUT2D eigenvalue weighted by atomic mass is 9.99. The molecule has 0 saturated carbocycles. The van der Waals surface area contributed by atoms with E-state index in [0.717, 1.165) is 102 Å². The molecule has 0 aliphatic heterocycles. The van der Waals surface area contributed by atoms with Crippen molar-refractivity contribution in [1.29, 1.82) is 0 Å². The Balaban J connectivity index is 5.22. The minimum Gasteiger partial charge on any atom is -0.462 e. The summed E-state index contributed by atoms with van der Waals surface area (Å²) in [6, 6.07) is 0. The van der Waals surface area contributed by atoms with Crippen molar-refractivity contribution in [2.75, 3.05) is 39.6 Å². The summed E-state index contributed by atoms with van der Waals surface area (Å²) in [6.45, 7) is 9.71. The first-order valence-electron chi connectivity index (χ1n) is 42.5. The molecule has 0 amide bonds. The minimum atomic E-state index is -4.96. The molecule has 0 saturated heterocycles. The Hall–Kier alpha value is -1.94. The highest BCUT2D eigenvalue weighted by molar-refractivity contribution is 7.47. The number of phosphoric acid groups is 2. The van der Waals surface area contributed by atoms with Crippen molar-refractivity contribution in [2.45, 2.75) is 452 Å². The van der Waals surface area contributed by atoms with E-state index in [1.54, 1.807) is 0 Å². The van der Waals surface area contributed by atoms with Crippen LogP contribution in [0.1, 0.15) is 433 Å². The van der Waals surface area contributed by atoms with Crippen molar-refractivity contribution in [3.05, 3.63) is 0 Å². The Labute approximate surface area is 619 Å². The van der Waals surface area contributed by atoms with Crippen LogP contribution >= 0.6 is 15.6 Å². The van der Waals surface area contributed by atoms with Crippen LogP contribution in [0.15, 0.2) is 0 Å². The van der Waals surface area contributed by atoms with Gasteiger partial charge in [0.15, 0.2) is 12.2 Å². The first-order chi connectivity index (χ1) is 48.9. The summed E-state index contributed by atoms with van der Waals surface area (Å²) < 4.78 is 68.7. The maximum atomic E-state index is 13.1. The Morgan fingerprint density at radius 1 is 0.287 bits per heavy atom. The molecule has 0 aromatic heterocycles. The highest BCUT2D eigenvalue weighted by atomic mass is 31.2. The number of carbonyl (C=O) groups is 4. The van der Waals surface area contributed by atoms with Crippen LogP contribution in [0, 0.1) is 11.8 Å². The summed E-state index contributed by atoms with van der Waals surface area (Å²) >= 11 is 0. The van der Waals surface area contributed by atoms with Gasteiger partial charge in [-0.05, 0) is 37.5 Å². The molecule has 0 fully saturated rings. The predicted molar refractivity (Wildman–Crippen MR) is 414 cm³/mol. The van der Waals surface area contributed by atoms with Crippen molar-refractivity contribution in [1.82, 2.24) is 0 Å². The van der Waals surface area contributed by atoms with E-state index in [1.807, 2.05) is 0 Å². The molecule has 0 rings (SSSR count). The lowest BCUT2D eigenvalue weighted by Gasteiger charge is -2.21. The van der Waals surface area contributed by atoms with Crippen LogP contribution in [0.25, 0.3) is 0 Å². The van der Waals surface area contributed by atoms with Crippen LogP contribution in [-0.4, -0.2) is 96.7 Å². The first kappa shape index (κ1) is 99.1. The van der Waals surface area contributed by atoms with E-state index in [4.69, 9.17) is 37.0 Å². The van der Waals surface area contributed by atoms with Gasteiger partial charge in [-0.1, -0.05) is 382 Å². The van der Waals surface area contributed by atoms with Gasteiger partial charge in [0.1, 0.15) is 19.3 Å². The summed E-state index contributed by atoms with van der Waals surface area (Å²) in [5.41, 5.74) is 0. The molecular weight excluding hydrogens is 1320 g/mol. The first-order valence-corrected chi connectivity index (χ1v) is 45.5. The van der Waals surface area contributed by atoms with Gasteiger partial charge in [-0.25, -0.2) is 9.13 Å². The molecule has 0 bridgehead atoms. The number of ether oxygens (including phenoxy) is 4. The van der Waals surface area contributed by atoms with Gasteiger partial charge < -0.3 is 33.8 Å². The number of unbranched alkanes of at least 4 members (excludes halogenated alkanes) is 50. The molecular formula is C82H160O17P2. The zero-order chi connectivity index (χ0) is 74.2. The van der Waals surface area contributed by atoms with Crippen LogP contribution in [0.2, 0.25) is 0 Å². The van der Waals surface area contributed by atoms with Gasteiger partial charge in [0.2, 0.25) is 0 Å². The second kappa shape index (κ2) is 73.6. The monoisotopic (exact) mass is 1480 g/mol. The Morgan fingerprint density at radius 2 is 0.505 bits per heavy atom. The van der Waals surface area contributed by atoms with Crippen molar-refractivity contribution in [3.8, 4) is 0 Å². The summed E-state index contributed by atoms with van der Waals surface area (Å²) in [6.07, 6.45) is 63.7. The lowest BCUT2D eigenvalue weighted by molar-refractivity contribution is -0.161. The van der Waals surface area contributed by atoms with E-state index in [2.05, 4.69) is 41.5 Å². The molecule has 600 valence electrons. The van der Waals surface area contributed by atoms with Gasteiger partial charge in [-0.15, -0.1) is 0 Å². The smallest absolute Gasteiger partial charge is 0.462 e. The molecule has 0 spiro atoms. The standard InChI is InChI=1S/C82H160O17P2/c1-7-10-12-14-16-18-20-21-29-35-42-48-54-60-66-81(86)98-77(70-92-79(84)64-58-52-46-40-32-19-17-15-13-11-8-2)72-96-100(88,89)94-68-76(83)69-95-101(90,91)97-73-78(71-93-80(85)65-59-53-47-41-37-31-33-38-44-50-56-62-74(4)5)99-82(87)67-61-55-49-43-36-30-27-25-23-22-24-26-28-34-39-45-51-57-63-75(6)9-3/h74-78,83H,7-73H2,1-6H3,(H,88,89)(H,90,91)/t75?,76-,77+,78+/m0/s1. The number of carbonyl (C=O) groups excluding carboxylic acids is 4. The second-order valence-corrected chi connectivity index (χ2v) is 33.1. The van der Waals surface area contributed by atoms with E-state index in [1.165, 1.54) is 250 Å². The van der Waals surface area contributed by atoms with E-state index < -0.39 is 97.5 Å². The number of rotatable bonds is 81. The van der Waals surface area contributed by atoms with Gasteiger partial charge in [-0.2, -0.15) is 0 Å².